The third-order valence-electron chi connectivity index (χ3n) is 7.47. The van der Waals surface area contributed by atoms with Crippen LogP contribution in [0.4, 0.5) is 0 Å². The number of nitrogens with one attached hydrogen (secondary N) is 2. The molecule has 214 valence electrons. The van der Waals surface area contributed by atoms with E-state index in [4.69, 9.17) is 14.2 Å². The van der Waals surface area contributed by atoms with Crippen molar-refractivity contribution in [2.75, 3.05) is 27.3 Å². The zero-order chi connectivity index (χ0) is 28.2. The van der Waals surface area contributed by atoms with Gasteiger partial charge in [0, 0.05) is 20.0 Å². The van der Waals surface area contributed by atoms with Crippen LogP contribution in [0.1, 0.15) is 12.5 Å². The second-order valence-corrected chi connectivity index (χ2v) is 9.72. The summed E-state index contributed by atoms with van der Waals surface area (Å²) in [5, 5.41) is 67.8. The Balaban J connectivity index is 1.96. The van der Waals surface area contributed by atoms with E-state index in [-0.39, 0.29) is 6.42 Å². The molecule has 0 bridgehead atoms. The summed E-state index contributed by atoms with van der Waals surface area (Å²) >= 11 is 0. The third-order valence-corrected chi connectivity index (χ3v) is 7.47. The van der Waals surface area contributed by atoms with E-state index in [2.05, 4.69) is 10.6 Å². The lowest BCUT2D eigenvalue weighted by Crippen LogP contribution is -2.70. The molecule has 0 saturated carbocycles. The highest BCUT2D eigenvalue weighted by Crippen LogP contribution is 2.39. The van der Waals surface area contributed by atoms with Crippen molar-refractivity contribution in [3.8, 4) is 0 Å². The molecule has 13 heteroatoms. The van der Waals surface area contributed by atoms with Gasteiger partial charge in [0.2, 0.25) is 11.8 Å². The van der Waals surface area contributed by atoms with Crippen molar-refractivity contribution in [2.45, 2.75) is 68.5 Å². The monoisotopic (exact) mass is 542 g/mol. The van der Waals surface area contributed by atoms with Gasteiger partial charge in [-0.05, 0) is 12.0 Å². The minimum Gasteiger partial charge on any atom is -0.394 e. The van der Waals surface area contributed by atoms with E-state index in [0.29, 0.717) is 5.56 Å². The number of amides is 2. The van der Waals surface area contributed by atoms with Gasteiger partial charge in [-0.3, -0.25) is 9.59 Å². The Bertz CT molecular complexity index is 915. The Morgan fingerprint density at radius 2 is 1.45 bits per heavy atom. The fourth-order valence-electron chi connectivity index (χ4n) is 5.19. The molecule has 2 aliphatic rings. The zero-order valence-corrected chi connectivity index (χ0v) is 21.5. The summed E-state index contributed by atoms with van der Waals surface area (Å²) in [5.74, 6) is -2.21. The van der Waals surface area contributed by atoms with E-state index in [1.807, 2.05) is 0 Å². The predicted molar refractivity (Wildman–Crippen MR) is 130 cm³/mol. The summed E-state index contributed by atoms with van der Waals surface area (Å²) in [4.78, 5) is 26.6. The SMILES string of the molecule is CNC(=O)C(Cc1ccccc1)(C(=O)NC)[C@@H]1O[C@H](CO)[C@@H](O[C@H]2O[C@H](CO)[C@@H](C)[C@H](O)[C@H]2O)[C@H](O)[C@H]1O. The van der Waals surface area contributed by atoms with Crippen molar-refractivity contribution in [3.63, 3.8) is 0 Å². The number of carbonyl (C=O) groups is 2. The fraction of sp³-hybridized carbons (Fsp3) is 0.680. The number of aliphatic hydroxyl groups is 6. The van der Waals surface area contributed by atoms with Gasteiger partial charge in [-0.2, -0.15) is 0 Å². The lowest BCUT2D eigenvalue weighted by molar-refractivity contribution is -0.339. The molecule has 0 aromatic heterocycles. The average molecular weight is 543 g/mol. The molecular formula is C25H38N2O11. The summed E-state index contributed by atoms with van der Waals surface area (Å²) in [5.41, 5.74) is -1.50. The van der Waals surface area contributed by atoms with E-state index in [1.54, 1.807) is 37.3 Å². The molecule has 8 N–H and O–H groups in total. The van der Waals surface area contributed by atoms with Crippen molar-refractivity contribution in [1.29, 1.82) is 0 Å². The first-order valence-corrected chi connectivity index (χ1v) is 12.5. The molecule has 13 nitrogen and oxygen atoms in total. The molecule has 1 aromatic carbocycles. The van der Waals surface area contributed by atoms with Gasteiger partial charge in [0.15, 0.2) is 11.7 Å². The predicted octanol–water partition coefficient (Wildman–Crippen LogP) is -3.35. The maximum Gasteiger partial charge on any atom is 0.238 e. The molecule has 3 rings (SSSR count). The molecule has 0 aliphatic carbocycles. The van der Waals surface area contributed by atoms with Crippen LogP contribution in [0, 0.1) is 11.3 Å². The molecule has 10 atom stereocenters. The van der Waals surface area contributed by atoms with Gasteiger partial charge in [0.25, 0.3) is 0 Å². The van der Waals surface area contributed by atoms with Gasteiger partial charge in [-0.1, -0.05) is 37.3 Å². The maximum atomic E-state index is 13.3. The van der Waals surface area contributed by atoms with Crippen LogP contribution in [-0.4, -0.2) is 125 Å². The van der Waals surface area contributed by atoms with Crippen LogP contribution in [0.5, 0.6) is 0 Å². The number of hydrogen-bond acceptors (Lipinski definition) is 11. The quantitative estimate of drug-likeness (QED) is 0.145. The van der Waals surface area contributed by atoms with Crippen molar-refractivity contribution >= 4 is 11.8 Å². The minimum atomic E-state index is -2.07. The second kappa shape index (κ2) is 12.8. The van der Waals surface area contributed by atoms with Gasteiger partial charge in [-0.25, -0.2) is 0 Å². The summed E-state index contributed by atoms with van der Waals surface area (Å²) in [6.07, 6.45) is -13.8. The molecule has 2 heterocycles. The highest BCUT2D eigenvalue weighted by atomic mass is 16.7. The van der Waals surface area contributed by atoms with Gasteiger partial charge < -0.3 is 55.5 Å². The fourth-order valence-corrected chi connectivity index (χ4v) is 5.19. The highest BCUT2D eigenvalue weighted by molar-refractivity contribution is 6.06. The second-order valence-electron chi connectivity index (χ2n) is 9.72. The summed E-state index contributed by atoms with van der Waals surface area (Å²) in [6.45, 7) is 0.320. The molecule has 2 amide bonds. The van der Waals surface area contributed by atoms with E-state index in [0.717, 1.165) is 0 Å². The van der Waals surface area contributed by atoms with Crippen LogP contribution in [0.15, 0.2) is 30.3 Å². The summed E-state index contributed by atoms with van der Waals surface area (Å²) < 4.78 is 17.2. The molecule has 0 spiro atoms. The topological polar surface area (TPSA) is 207 Å². The van der Waals surface area contributed by atoms with Crippen molar-refractivity contribution < 1.29 is 54.4 Å². The maximum absolute atomic E-state index is 13.3. The molecule has 2 aliphatic heterocycles. The number of aliphatic hydroxyl groups excluding tert-OH is 6. The van der Waals surface area contributed by atoms with Crippen LogP contribution in [0.3, 0.4) is 0 Å². The summed E-state index contributed by atoms with van der Waals surface area (Å²) in [7, 11) is 2.63. The molecule has 0 unspecified atom stereocenters. The van der Waals surface area contributed by atoms with Gasteiger partial charge >= 0.3 is 0 Å². The molecular weight excluding hydrogens is 504 g/mol. The number of carbonyl (C=O) groups excluding carboxylic acids is 2. The Labute approximate surface area is 220 Å². The first-order valence-electron chi connectivity index (χ1n) is 12.5. The van der Waals surface area contributed by atoms with Crippen LogP contribution < -0.4 is 10.6 Å². The molecule has 0 radical (unpaired) electrons. The molecule has 38 heavy (non-hydrogen) atoms. The highest BCUT2D eigenvalue weighted by Gasteiger charge is 2.61. The third kappa shape index (κ3) is 5.57. The van der Waals surface area contributed by atoms with Crippen LogP contribution >= 0.6 is 0 Å². The summed E-state index contributed by atoms with van der Waals surface area (Å²) in [6, 6.07) is 8.56. The lowest BCUT2D eigenvalue weighted by atomic mass is 9.70. The van der Waals surface area contributed by atoms with Gasteiger partial charge in [0.1, 0.15) is 36.6 Å². The molecule has 2 saturated heterocycles. The first kappa shape index (κ1) is 30.3. The Kier molecular flexibility index (Phi) is 10.2. The van der Waals surface area contributed by atoms with Gasteiger partial charge in [-0.15, -0.1) is 0 Å². The van der Waals surface area contributed by atoms with E-state index < -0.39 is 91.5 Å². The minimum absolute atomic E-state index is 0.210. The van der Waals surface area contributed by atoms with Crippen LogP contribution in [-0.2, 0) is 30.2 Å². The van der Waals surface area contributed by atoms with Crippen molar-refractivity contribution in [3.05, 3.63) is 35.9 Å². The Morgan fingerprint density at radius 1 is 0.868 bits per heavy atom. The van der Waals surface area contributed by atoms with Crippen LogP contribution in [0.25, 0.3) is 0 Å². The van der Waals surface area contributed by atoms with Crippen molar-refractivity contribution in [2.24, 2.45) is 11.3 Å². The van der Waals surface area contributed by atoms with E-state index in [9.17, 15) is 40.2 Å². The number of hydrogen-bond donors (Lipinski definition) is 8. The van der Waals surface area contributed by atoms with Crippen molar-refractivity contribution in [1.82, 2.24) is 10.6 Å². The van der Waals surface area contributed by atoms with Crippen LogP contribution in [0.2, 0.25) is 0 Å². The van der Waals surface area contributed by atoms with E-state index >= 15 is 0 Å². The molecule has 1 aromatic rings. The molecule has 2 fully saturated rings. The number of benzene rings is 1. The number of ether oxygens (including phenoxy) is 3. The largest absolute Gasteiger partial charge is 0.394 e. The Hall–Kier alpha value is -2.20. The normalized spacial score (nSPS) is 35.9. The number of rotatable bonds is 9. The zero-order valence-electron chi connectivity index (χ0n) is 21.5. The first-order chi connectivity index (χ1) is 18.1. The average Bonchev–Trinajstić information content (AvgIpc) is 2.94. The van der Waals surface area contributed by atoms with E-state index in [1.165, 1.54) is 14.1 Å². The standard InChI is InChI=1S/C25H38N2O11/c1-12-14(10-28)37-22(19(33)16(12)30)38-20-15(11-29)36-21(18(32)17(20)31)25(23(34)26-2,24(35)27-3)9-13-7-5-4-6-8-13/h4-8,12,14-22,28-33H,9-11H2,1-3H3,(H,26,34)(H,27,35)/t12-,14-,15-,16+,17-,18-,19-,20-,21-,22-/m1/s1. The smallest absolute Gasteiger partial charge is 0.238 e. The Morgan fingerprint density at radius 3 is 1.97 bits per heavy atom. The lowest BCUT2D eigenvalue weighted by Gasteiger charge is -2.50. The van der Waals surface area contributed by atoms with Gasteiger partial charge in [0.05, 0.1) is 25.4 Å².